The number of ether oxygens (including phenoxy) is 1. The average molecular weight is 475 g/mol. The maximum atomic E-state index is 12.9. The number of rotatable bonds is 5. The van der Waals surface area contributed by atoms with E-state index in [0.29, 0.717) is 5.82 Å². The zero-order valence-corrected chi connectivity index (χ0v) is 19.2. The number of urea groups is 1. The van der Waals surface area contributed by atoms with E-state index in [9.17, 15) is 18.0 Å². The molecule has 1 aromatic carbocycles. The Morgan fingerprint density at radius 1 is 1.06 bits per heavy atom. The Balaban J connectivity index is 1.30. The molecule has 0 saturated heterocycles. The number of hydrogen-bond donors (Lipinski definition) is 2. The molecule has 0 unspecified atom stereocenters. The van der Waals surface area contributed by atoms with Crippen LogP contribution in [0.5, 0.6) is 0 Å². The fraction of sp³-hybridized carbons (Fsp3) is 0.524. The molecule has 2 N–H and O–H groups in total. The number of carbonyl (C=O) groups excluding carboxylic acids is 2. The minimum absolute atomic E-state index is 0.0430. The molecular weight excluding hydrogens is 448 g/mol. The number of amides is 2. The number of nitrogens with zero attached hydrogens (tertiary/aromatic N) is 4. The molecule has 2 amide bonds. The lowest BCUT2D eigenvalue weighted by molar-refractivity contribution is 0.0504. The number of aryl methyl sites for hydroxylation is 2. The van der Waals surface area contributed by atoms with Crippen molar-refractivity contribution in [2.45, 2.75) is 58.5 Å². The Morgan fingerprint density at radius 2 is 1.76 bits per heavy atom. The van der Waals surface area contributed by atoms with Crippen molar-refractivity contribution < 1.29 is 22.7 Å². The lowest BCUT2D eigenvalue weighted by Crippen LogP contribution is -2.48. The summed E-state index contributed by atoms with van der Waals surface area (Å²) in [6.45, 7) is 2.03. The van der Waals surface area contributed by atoms with E-state index in [-0.39, 0.29) is 32.1 Å². The number of esters is 1. The molecule has 3 aliphatic rings. The van der Waals surface area contributed by atoms with Gasteiger partial charge in [0, 0.05) is 18.8 Å². The Morgan fingerprint density at radius 3 is 2.42 bits per heavy atom. The van der Waals surface area contributed by atoms with Crippen molar-refractivity contribution in [1.82, 2.24) is 23.8 Å². The number of aromatic nitrogens is 3. The van der Waals surface area contributed by atoms with Crippen molar-refractivity contribution >= 4 is 27.9 Å². The van der Waals surface area contributed by atoms with Crippen molar-refractivity contribution in [2.24, 2.45) is 0 Å². The molecule has 176 valence electrons. The van der Waals surface area contributed by atoms with Crippen LogP contribution >= 0.6 is 0 Å². The van der Waals surface area contributed by atoms with Gasteiger partial charge < -0.3 is 14.6 Å². The summed E-state index contributed by atoms with van der Waals surface area (Å²) in [7, 11) is -4.12. The fourth-order valence-electron chi connectivity index (χ4n) is 4.98. The van der Waals surface area contributed by atoms with Crippen LogP contribution in [0.15, 0.2) is 6.07 Å². The highest BCUT2D eigenvalue weighted by Crippen LogP contribution is 2.38. The second-order valence-corrected chi connectivity index (χ2v) is 10.1. The molecule has 0 radical (unpaired) electrons. The molecule has 11 nitrogen and oxygen atoms in total. The van der Waals surface area contributed by atoms with Crippen LogP contribution in [0, 0.1) is 0 Å². The summed E-state index contributed by atoms with van der Waals surface area (Å²) in [5.74, 6) is -0.247. The lowest BCUT2D eigenvalue weighted by atomic mass is 9.99. The molecule has 2 heterocycles. The lowest BCUT2D eigenvalue weighted by Gasteiger charge is -2.27. The van der Waals surface area contributed by atoms with Crippen LogP contribution in [0.3, 0.4) is 0 Å². The summed E-state index contributed by atoms with van der Waals surface area (Å²) in [6, 6.07) is 1.47. The van der Waals surface area contributed by atoms with E-state index in [4.69, 9.17) is 4.74 Å². The minimum Gasteiger partial charge on any atom is -0.460 e. The quantitative estimate of drug-likeness (QED) is 0.624. The second-order valence-electron chi connectivity index (χ2n) is 8.44. The Hall–Kier alpha value is -2.99. The van der Waals surface area contributed by atoms with Crippen LogP contribution in [0.2, 0.25) is 0 Å². The molecule has 0 spiro atoms. The van der Waals surface area contributed by atoms with Crippen LogP contribution in [-0.2, 0) is 53.7 Å². The predicted octanol–water partition coefficient (Wildman–Crippen LogP) is 1.31. The fourth-order valence-corrected chi connectivity index (χ4v) is 6.00. The molecule has 12 heteroatoms. The molecule has 33 heavy (non-hydrogen) atoms. The van der Waals surface area contributed by atoms with Gasteiger partial charge in [0.25, 0.3) is 0 Å². The molecule has 0 bridgehead atoms. The van der Waals surface area contributed by atoms with Gasteiger partial charge in [0.05, 0.1) is 13.2 Å². The predicted molar refractivity (Wildman–Crippen MR) is 118 cm³/mol. The number of anilines is 1. The maximum absolute atomic E-state index is 12.9. The molecule has 1 aliphatic heterocycles. The van der Waals surface area contributed by atoms with Gasteiger partial charge in [-0.15, -0.1) is 10.2 Å². The number of nitrogens with one attached hydrogen (secondary N) is 2. The van der Waals surface area contributed by atoms with Gasteiger partial charge in [0.15, 0.2) is 0 Å². The standard InChI is InChI=1S/C21H26N6O5S/c1-2-32-20(28)19-24-23-17-12-26(9-10-27(17)19)33(30,31)25-21(29)22-18-15-7-3-5-13(15)11-14-6-4-8-16(14)18/h11H,2-10,12H2,1H3,(H2,22,25,29). The number of benzene rings is 1. The van der Waals surface area contributed by atoms with Crippen molar-refractivity contribution in [3.05, 3.63) is 40.0 Å². The SMILES string of the molecule is CCOC(=O)c1nnc2n1CCN(S(=O)(=O)NC(=O)Nc1c3c(cc4c1CCC4)CCC3)C2. The Bertz CT molecular complexity index is 1210. The van der Waals surface area contributed by atoms with Gasteiger partial charge in [-0.2, -0.15) is 12.7 Å². The first-order valence-electron chi connectivity index (χ1n) is 11.2. The van der Waals surface area contributed by atoms with E-state index in [0.717, 1.165) is 59.6 Å². The van der Waals surface area contributed by atoms with Gasteiger partial charge in [-0.1, -0.05) is 6.07 Å². The zero-order chi connectivity index (χ0) is 23.2. The van der Waals surface area contributed by atoms with Gasteiger partial charge in [-0.3, -0.25) is 0 Å². The first-order valence-corrected chi connectivity index (χ1v) is 12.7. The van der Waals surface area contributed by atoms with E-state index in [2.05, 4.69) is 26.3 Å². The first-order chi connectivity index (χ1) is 15.9. The van der Waals surface area contributed by atoms with Crippen molar-refractivity contribution in [1.29, 1.82) is 0 Å². The van der Waals surface area contributed by atoms with Crippen LogP contribution < -0.4 is 10.0 Å². The zero-order valence-electron chi connectivity index (χ0n) is 18.4. The summed E-state index contributed by atoms with van der Waals surface area (Å²) < 4.78 is 35.6. The van der Waals surface area contributed by atoms with E-state index in [1.54, 1.807) is 11.5 Å². The normalized spacial score (nSPS) is 17.2. The maximum Gasteiger partial charge on any atom is 0.376 e. The molecule has 0 saturated carbocycles. The number of carbonyl (C=O) groups is 2. The van der Waals surface area contributed by atoms with Crippen LogP contribution in [0.1, 0.15) is 58.5 Å². The van der Waals surface area contributed by atoms with Crippen LogP contribution in [-0.4, -0.2) is 52.6 Å². The van der Waals surface area contributed by atoms with E-state index < -0.39 is 22.2 Å². The number of hydrogen-bond acceptors (Lipinski definition) is 7. The highest BCUT2D eigenvalue weighted by atomic mass is 32.2. The molecule has 1 aromatic heterocycles. The third-order valence-electron chi connectivity index (χ3n) is 6.45. The molecule has 5 rings (SSSR count). The topological polar surface area (TPSA) is 136 Å². The monoisotopic (exact) mass is 474 g/mol. The summed E-state index contributed by atoms with van der Waals surface area (Å²) in [5, 5.41) is 10.6. The van der Waals surface area contributed by atoms with E-state index in [1.165, 1.54) is 11.1 Å². The summed E-state index contributed by atoms with van der Waals surface area (Å²) in [5.41, 5.74) is 5.53. The highest BCUT2D eigenvalue weighted by molar-refractivity contribution is 7.87. The van der Waals surface area contributed by atoms with E-state index in [1.807, 2.05) is 0 Å². The van der Waals surface area contributed by atoms with Crippen LogP contribution in [0.4, 0.5) is 10.5 Å². The molecule has 0 fully saturated rings. The molecule has 0 atom stereocenters. The van der Waals surface area contributed by atoms with E-state index >= 15 is 0 Å². The Labute approximate surface area is 191 Å². The first kappa shape index (κ1) is 21.8. The van der Waals surface area contributed by atoms with Crippen LogP contribution in [0.25, 0.3) is 0 Å². The molecular formula is C21H26N6O5S. The van der Waals surface area contributed by atoms with Crippen molar-refractivity contribution in [3.8, 4) is 0 Å². The molecule has 2 aromatic rings. The van der Waals surface area contributed by atoms with Gasteiger partial charge in [-0.05, 0) is 67.7 Å². The van der Waals surface area contributed by atoms with Gasteiger partial charge in [0.1, 0.15) is 5.82 Å². The van der Waals surface area contributed by atoms with Crippen molar-refractivity contribution in [2.75, 3.05) is 18.5 Å². The minimum atomic E-state index is -4.12. The summed E-state index contributed by atoms with van der Waals surface area (Å²) in [4.78, 5) is 24.8. The van der Waals surface area contributed by atoms with Gasteiger partial charge in [-0.25, -0.2) is 14.3 Å². The van der Waals surface area contributed by atoms with Gasteiger partial charge in [0.2, 0.25) is 5.82 Å². The smallest absolute Gasteiger partial charge is 0.376 e. The number of fused-ring (bicyclic) bond motifs is 3. The largest absolute Gasteiger partial charge is 0.460 e. The molecule has 2 aliphatic carbocycles. The third kappa shape index (κ3) is 3.97. The average Bonchev–Trinajstić information content (AvgIpc) is 3.52. The summed E-state index contributed by atoms with van der Waals surface area (Å²) >= 11 is 0. The van der Waals surface area contributed by atoms with Gasteiger partial charge >= 0.3 is 22.2 Å². The second kappa shape index (κ2) is 8.41. The van der Waals surface area contributed by atoms with Crippen molar-refractivity contribution in [3.63, 3.8) is 0 Å². The Kier molecular flexibility index (Phi) is 5.57. The summed E-state index contributed by atoms with van der Waals surface area (Å²) in [6.07, 6.45) is 5.81. The third-order valence-corrected chi connectivity index (χ3v) is 7.88. The highest BCUT2D eigenvalue weighted by Gasteiger charge is 2.33.